The second kappa shape index (κ2) is 9.15. The maximum Gasteiger partial charge on any atom is 0.188 e. The third kappa shape index (κ3) is 5.90. The highest BCUT2D eigenvalue weighted by molar-refractivity contribution is 7.97. The minimum absolute atomic E-state index is 0.219. The van der Waals surface area contributed by atoms with Gasteiger partial charge < -0.3 is 11.1 Å². The molecule has 0 aliphatic heterocycles. The number of benzene rings is 1. The molecule has 3 N–H and O–H groups in total. The minimum atomic E-state index is -0.219. The molecule has 0 radical (unpaired) electrons. The van der Waals surface area contributed by atoms with Crippen molar-refractivity contribution in [3.05, 3.63) is 65.2 Å². The summed E-state index contributed by atoms with van der Waals surface area (Å²) in [6.07, 6.45) is 4.55. The van der Waals surface area contributed by atoms with Crippen LogP contribution >= 0.6 is 11.8 Å². The van der Waals surface area contributed by atoms with Gasteiger partial charge in [-0.3, -0.25) is 4.98 Å². The zero-order valence-corrected chi connectivity index (χ0v) is 13.9. The quantitative estimate of drug-likeness (QED) is 0.604. The van der Waals surface area contributed by atoms with E-state index >= 15 is 0 Å². The number of aromatic nitrogens is 1. The first kappa shape index (κ1) is 17.3. The molecule has 1 heterocycles. The Balaban J connectivity index is 1.87. The van der Waals surface area contributed by atoms with Crippen LogP contribution in [-0.4, -0.2) is 23.7 Å². The summed E-state index contributed by atoms with van der Waals surface area (Å²) in [7, 11) is 0. The van der Waals surface area contributed by atoms with Crippen molar-refractivity contribution < 1.29 is 4.39 Å². The largest absolute Gasteiger partial charge is 0.370 e. The molecule has 0 unspecified atom stereocenters. The van der Waals surface area contributed by atoms with Crippen LogP contribution in [0.1, 0.15) is 16.8 Å². The third-order valence-corrected chi connectivity index (χ3v) is 3.90. The number of nitrogens with two attached hydrogens (primary N) is 1. The lowest BCUT2D eigenvalue weighted by atomic mass is 10.1. The lowest BCUT2D eigenvalue weighted by Gasteiger charge is -2.08. The van der Waals surface area contributed by atoms with Crippen molar-refractivity contribution in [2.75, 3.05) is 12.8 Å². The van der Waals surface area contributed by atoms with Crippen LogP contribution in [0.4, 0.5) is 4.39 Å². The Bertz CT molecular complexity index is 646. The molecule has 23 heavy (non-hydrogen) atoms. The van der Waals surface area contributed by atoms with Gasteiger partial charge in [0.25, 0.3) is 0 Å². The smallest absolute Gasteiger partial charge is 0.188 e. The second-order valence-corrected chi connectivity index (χ2v) is 5.91. The van der Waals surface area contributed by atoms with Gasteiger partial charge in [0, 0.05) is 30.6 Å². The highest BCUT2D eigenvalue weighted by Crippen LogP contribution is 2.17. The van der Waals surface area contributed by atoms with Crippen molar-refractivity contribution in [3.63, 3.8) is 0 Å². The van der Waals surface area contributed by atoms with Gasteiger partial charge in [-0.1, -0.05) is 12.1 Å². The standard InChI is InChI=1S/C17H21FN4S/c1-23-12-14-10-15(18)6-5-13(14)11-22-17(19)21-9-7-16-4-2-3-8-20-16/h2-6,8,10H,7,9,11-12H2,1H3,(H3,19,21,22). The van der Waals surface area contributed by atoms with Gasteiger partial charge in [0.05, 0.1) is 6.54 Å². The molecule has 0 saturated heterocycles. The van der Waals surface area contributed by atoms with Crippen LogP contribution in [0.5, 0.6) is 0 Å². The molecule has 0 saturated carbocycles. The lowest BCUT2D eigenvalue weighted by Crippen LogP contribution is -2.33. The average Bonchev–Trinajstić information content (AvgIpc) is 2.55. The van der Waals surface area contributed by atoms with Gasteiger partial charge in [-0.05, 0) is 41.6 Å². The Hall–Kier alpha value is -2.08. The monoisotopic (exact) mass is 332 g/mol. The van der Waals surface area contributed by atoms with E-state index in [-0.39, 0.29) is 5.82 Å². The summed E-state index contributed by atoms with van der Waals surface area (Å²) >= 11 is 1.65. The molecule has 0 bridgehead atoms. The molecular formula is C17H21FN4S. The summed E-state index contributed by atoms with van der Waals surface area (Å²) in [5, 5.41) is 3.07. The molecule has 0 fully saturated rings. The summed E-state index contributed by atoms with van der Waals surface area (Å²) in [5.74, 6) is 0.930. The molecule has 0 amide bonds. The number of rotatable bonds is 7. The Labute approximate surface area is 140 Å². The minimum Gasteiger partial charge on any atom is -0.370 e. The number of hydrogen-bond acceptors (Lipinski definition) is 3. The molecule has 0 aliphatic rings. The number of nitrogens with one attached hydrogen (secondary N) is 1. The van der Waals surface area contributed by atoms with Crippen molar-refractivity contribution in [2.24, 2.45) is 10.7 Å². The van der Waals surface area contributed by atoms with Crippen LogP contribution < -0.4 is 11.1 Å². The molecule has 2 aromatic rings. The molecule has 0 spiro atoms. The molecule has 0 atom stereocenters. The van der Waals surface area contributed by atoms with E-state index in [0.717, 1.165) is 29.0 Å². The van der Waals surface area contributed by atoms with E-state index in [1.54, 1.807) is 30.1 Å². The van der Waals surface area contributed by atoms with Gasteiger partial charge in [-0.15, -0.1) is 0 Å². The number of aliphatic imine (C=N–C) groups is 1. The molecule has 2 rings (SSSR count). The van der Waals surface area contributed by atoms with Crippen LogP contribution in [0, 0.1) is 5.82 Å². The van der Waals surface area contributed by atoms with Crippen LogP contribution in [0.3, 0.4) is 0 Å². The topological polar surface area (TPSA) is 63.3 Å². The van der Waals surface area contributed by atoms with E-state index in [0.29, 0.717) is 19.0 Å². The fraction of sp³-hybridized carbons (Fsp3) is 0.294. The zero-order chi connectivity index (χ0) is 16.5. The van der Waals surface area contributed by atoms with Gasteiger partial charge in [0.2, 0.25) is 0 Å². The first-order valence-electron chi connectivity index (χ1n) is 7.39. The SMILES string of the molecule is CSCc1cc(F)ccc1CN=C(N)NCCc1ccccn1. The fourth-order valence-corrected chi connectivity index (χ4v) is 2.71. The maximum atomic E-state index is 13.3. The number of hydrogen-bond donors (Lipinski definition) is 2. The molecule has 6 heteroatoms. The Kier molecular flexibility index (Phi) is 6.87. The van der Waals surface area contributed by atoms with Gasteiger partial charge in [-0.25, -0.2) is 9.38 Å². The third-order valence-electron chi connectivity index (χ3n) is 3.30. The highest BCUT2D eigenvalue weighted by atomic mass is 32.2. The summed E-state index contributed by atoms with van der Waals surface area (Å²) in [4.78, 5) is 8.58. The fourth-order valence-electron chi connectivity index (χ4n) is 2.13. The van der Waals surface area contributed by atoms with Crippen molar-refractivity contribution in [3.8, 4) is 0 Å². The first-order chi connectivity index (χ1) is 11.2. The van der Waals surface area contributed by atoms with E-state index < -0.39 is 0 Å². The number of nitrogens with zero attached hydrogens (tertiary/aromatic N) is 2. The Morgan fingerprint density at radius 2 is 2.17 bits per heavy atom. The van der Waals surface area contributed by atoms with Gasteiger partial charge in [0.1, 0.15) is 5.82 Å². The normalized spacial score (nSPS) is 11.5. The average molecular weight is 332 g/mol. The number of pyridine rings is 1. The lowest BCUT2D eigenvalue weighted by molar-refractivity contribution is 0.625. The van der Waals surface area contributed by atoms with Crippen molar-refractivity contribution in [1.82, 2.24) is 10.3 Å². The van der Waals surface area contributed by atoms with Crippen molar-refractivity contribution >= 4 is 17.7 Å². The van der Waals surface area contributed by atoms with Crippen molar-refractivity contribution in [1.29, 1.82) is 0 Å². The summed E-state index contributed by atoms with van der Waals surface area (Å²) in [6, 6.07) is 10.6. The number of guanidine groups is 1. The first-order valence-corrected chi connectivity index (χ1v) is 8.78. The molecule has 1 aromatic heterocycles. The van der Waals surface area contributed by atoms with Crippen LogP contribution in [0.2, 0.25) is 0 Å². The predicted molar refractivity (Wildman–Crippen MR) is 94.9 cm³/mol. The van der Waals surface area contributed by atoms with Crippen LogP contribution in [0.15, 0.2) is 47.6 Å². The predicted octanol–water partition coefficient (Wildman–Crippen LogP) is 2.73. The Morgan fingerprint density at radius 1 is 1.30 bits per heavy atom. The highest BCUT2D eigenvalue weighted by Gasteiger charge is 2.04. The summed E-state index contributed by atoms with van der Waals surface area (Å²) in [6.45, 7) is 1.12. The summed E-state index contributed by atoms with van der Waals surface area (Å²) < 4.78 is 13.3. The molecular weight excluding hydrogens is 311 g/mol. The molecule has 1 aromatic carbocycles. The molecule has 0 aliphatic carbocycles. The maximum absolute atomic E-state index is 13.3. The summed E-state index contributed by atoms with van der Waals surface area (Å²) in [5.41, 5.74) is 8.84. The molecule has 4 nitrogen and oxygen atoms in total. The van der Waals surface area contributed by atoms with Gasteiger partial charge in [0.15, 0.2) is 5.96 Å². The van der Waals surface area contributed by atoms with E-state index in [2.05, 4.69) is 15.3 Å². The van der Waals surface area contributed by atoms with E-state index in [1.807, 2.05) is 24.5 Å². The van der Waals surface area contributed by atoms with Gasteiger partial charge >= 0.3 is 0 Å². The van der Waals surface area contributed by atoms with E-state index in [9.17, 15) is 4.39 Å². The number of thioether (sulfide) groups is 1. The van der Waals surface area contributed by atoms with Crippen LogP contribution in [-0.2, 0) is 18.7 Å². The number of halogens is 1. The zero-order valence-electron chi connectivity index (χ0n) is 13.1. The second-order valence-electron chi connectivity index (χ2n) is 5.05. The Morgan fingerprint density at radius 3 is 2.91 bits per heavy atom. The van der Waals surface area contributed by atoms with Crippen molar-refractivity contribution in [2.45, 2.75) is 18.7 Å². The van der Waals surface area contributed by atoms with E-state index in [4.69, 9.17) is 5.73 Å². The molecule has 122 valence electrons. The van der Waals surface area contributed by atoms with Crippen LogP contribution in [0.25, 0.3) is 0 Å². The van der Waals surface area contributed by atoms with Gasteiger partial charge in [-0.2, -0.15) is 11.8 Å². The van der Waals surface area contributed by atoms with E-state index in [1.165, 1.54) is 6.07 Å².